The largest absolute Gasteiger partial charge is 0.343 e. The number of nitrogens with one attached hydrogen (secondary N) is 1. The van der Waals surface area contributed by atoms with Crippen LogP contribution in [0.15, 0.2) is 45.8 Å². The first-order chi connectivity index (χ1) is 12.9. The minimum Gasteiger partial charge on any atom is -0.343 e. The molecule has 0 aliphatic carbocycles. The van der Waals surface area contributed by atoms with E-state index in [9.17, 15) is 9.59 Å². The molecule has 0 bridgehead atoms. The van der Waals surface area contributed by atoms with Crippen molar-refractivity contribution < 1.29 is 4.79 Å². The molecule has 1 amide bonds. The lowest BCUT2D eigenvalue weighted by atomic mass is 10.0. The number of benzene rings is 2. The topological polar surface area (TPSA) is 51.1 Å². The molecule has 1 aromatic heterocycles. The highest BCUT2D eigenvalue weighted by Crippen LogP contribution is 2.31. The van der Waals surface area contributed by atoms with E-state index in [1.54, 1.807) is 6.20 Å². The van der Waals surface area contributed by atoms with E-state index in [4.69, 9.17) is 0 Å². The van der Waals surface area contributed by atoms with Crippen molar-refractivity contribution in [3.05, 3.63) is 73.5 Å². The van der Waals surface area contributed by atoms with Crippen LogP contribution in [0, 0.1) is 6.92 Å². The minimum absolute atomic E-state index is 0.192. The van der Waals surface area contributed by atoms with Gasteiger partial charge in [-0.2, -0.15) is 0 Å². The lowest BCUT2D eigenvalue weighted by Gasteiger charge is -2.16. The standard InChI is InChI=1S/C22H21BrN2O2/c1-4-14-10-16(23)8-12(2)19(14)24-22(27)18-11-25-13(3)9-15-6-5-7-17(20(15)25)21(18)26/h5-8,10-11,13H,4,9H2,1-3H3,(H,24,27). The molecule has 0 saturated carbocycles. The summed E-state index contributed by atoms with van der Waals surface area (Å²) in [7, 11) is 0. The van der Waals surface area contributed by atoms with Gasteiger partial charge >= 0.3 is 0 Å². The normalized spacial score (nSPS) is 15.3. The number of carbonyl (C=O) groups is 1. The first-order valence-electron chi connectivity index (χ1n) is 9.17. The van der Waals surface area contributed by atoms with E-state index in [1.165, 1.54) is 5.56 Å². The van der Waals surface area contributed by atoms with Crippen LogP contribution in [0.25, 0.3) is 10.9 Å². The molecule has 5 heteroatoms. The zero-order valence-electron chi connectivity index (χ0n) is 15.6. The number of aromatic nitrogens is 1. The Balaban J connectivity index is 1.82. The van der Waals surface area contributed by atoms with E-state index in [1.807, 2.05) is 38.1 Å². The molecular formula is C22H21BrN2O2. The highest BCUT2D eigenvalue weighted by Gasteiger charge is 2.24. The van der Waals surface area contributed by atoms with Crippen LogP contribution in [-0.2, 0) is 12.8 Å². The maximum Gasteiger partial charge on any atom is 0.261 e. The average molecular weight is 425 g/mol. The van der Waals surface area contributed by atoms with Gasteiger partial charge in [-0.25, -0.2) is 0 Å². The van der Waals surface area contributed by atoms with Gasteiger partial charge in [-0.15, -0.1) is 0 Å². The second-order valence-electron chi connectivity index (χ2n) is 7.21. The molecule has 0 radical (unpaired) electrons. The summed E-state index contributed by atoms with van der Waals surface area (Å²) in [5.74, 6) is -0.352. The molecule has 2 aromatic carbocycles. The van der Waals surface area contributed by atoms with Crippen molar-refractivity contribution in [2.75, 3.05) is 5.32 Å². The van der Waals surface area contributed by atoms with Crippen molar-refractivity contribution in [3.63, 3.8) is 0 Å². The van der Waals surface area contributed by atoms with Gasteiger partial charge < -0.3 is 9.88 Å². The number of halogens is 1. The fourth-order valence-corrected chi connectivity index (χ4v) is 4.65. The van der Waals surface area contributed by atoms with E-state index in [2.05, 4.69) is 38.8 Å². The lowest BCUT2D eigenvalue weighted by molar-refractivity contribution is 0.102. The highest BCUT2D eigenvalue weighted by molar-refractivity contribution is 9.10. The molecule has 3 aromatic rings. The fraction of sp³-hybridized carbons (Fsp3) is 0.273. The third-order valence-corrected chi connectivity index (χ3v) is 5.83. The van der Waals surface area contributed by atoms with E-state index in [0.29, 0.717) is 5.39 Å². The predicted molar refractivity (Wildman–Crippen MR) is 113 cm³/mol. The van der Waals surface area contributed by atoms with E-state index < -0.39 is 0 Å². The quantitative estimate of drug-likeness (QED) is 0.642. The maximum absolute atomic E-state index is 13.0. The van der Waals surface area contributed by atoms with Gasteiger partial charge in [0.1, 0.15) is 5.56 Å². The number of carbonyl (C=O) groups excluding carboxylic acids is 1. The van der Waals surface area contributed by atoms with Crippen LogP contribution >= 0.6 is 15.9 Å². The Bertz CT molecular complexity index is 1150. The molecule has 0 fully saturated rings. The number of hydrogen-bond acceptors (Lipinski definition) is 2. The SMILES string of the molecule is CCc1cc(Br)cc(C)c1NC(=O)c1cn2c3c(cccc3c1=O)CC2C. The summed E-state index contributed by atoms with van der Waals surface area (Å²) < 4.78 is 3.05. The number of aryl methyl sites for hydroxylation is 2. The van der Waals surface area contributed by atoms with Gasteiger partial charge in [-0.1, -0.05) is 35.0 Å². The highest BCUT2D eigenvalue weighted by atomic mass is 79.9. The Morgan fingerprint density at radius 1 is 1.33 bits per heavy atom. The number of hydrogen-bond donors (Lipinski definition) is 1. The number of anilines is 1. The zero-order valence-corrected chi connectivity index (χ0v) is 17.2. The first kappa shape index (κ1) is 18.0. The molecule has 1 N–H and O–H groups in total. The van der Waals surface area contributed by atoms with Gasteiger partial charge in [0.05, 0.1) is 5.52 Å². The average Bonchev–Trinajstić information content (AvgIpc) is 2.96. The Kier molecular flexibility index (Phi) is 4.42. The molecule has 0 saturated heterocycles. The molecule has 138 valence electrons. The van der Waals surface area contributed by atoms with Crippen molar-refractivity contribution in [1.29, 1.82) is 0 Å². The third-order valence-electron chi connectivity index (χ3n) is 5.37. The Labute approximate surface area is 166 Å². The monoisotopic (exact) mass is 424 g/mol. The molecule has 1 aliphatic rings. The van der Waals surface area contributed by atoms with Crippen molar-refractivity contribution in [3.8, 4) is 0 Å². The van der Waals surface area contributed by atoms with Crippen LogP contribution in [0.4, 0.5) is 5.69 Å². The zero-order chi connectivity index (χ0) is 19.3. The van der Waals surface area contributed by atoms with Gasteiger partial charge in [0.2, 0.25) is 5.43 Å². The summed E-state index contributed by atoms with van der Waals surface area (Å²) in [5, 5.41) is 3.61. The summed E-state index contributed by atoms with van der Waals surface area (Å²) in [6.07, 6.45) is 3.40. The Hall–Kier alpha value is -2.40. The number of amides is 1. The van der Waals surface area contributed by atoms with Crippen LogP contribution in [0.1, 0.15) is 46.9 Å². The molecular weight excluding hydrogens is 404 g/mol. The molecule has 27 heavy (non-hydrogen) atoms. The molecule has 0 spiro atoms. The van der Waals surface area contributed by atoms with E-state index >= 15 is 0 Å². The minimum atomic E-state index is -0.352. The van der Waals surface area contributed by atoms with Crippen LogP contribution in [0.2, 0.25) is 0 Å². The predicted octanol–water partition coefficient (Wildman–Crippen LogP) is 5.00. The number of rotatable bonds is 3. The summed E-state index contributed by atoms with van der Waals surface area (Å²) in [4.78, 5) is 26.1. The van der Waals surface area contributed by atoms with Gasteiger partial charge in [0.15, 0.2) is 0 Å². The number of pyridine rings is 1. The summed E-state index contributed by atoms with van der Waals surface area (Å²) in [5.41, 5.74) is 4.90. The van der Waals surface area contributed by atoms with E-state index in [0.717, 1.165) is 39.6 Å². The number of nitrogens with zero attached hydrogens (tertiary/aromatic N) is 1. The molecule has 1 atom stereocenters. The molecule has 1 aliphatic heterocycles. The summed E-state index contributed by atoms with van der Waals surface area (Å²) in [6, 6.07) is 9.98. The van der Waals surface area contributed by atoms with Crippen LogP contribution in [0.5, 0.6) is 0 Å². The Morgan fingerprint density at radius 3 is 2.85 bits per heavy atom. The summed E-state index contributed by atoms with van der Waals surface area (Å²) in [6.45, 7) is 6.12. The van der Waals surface area contributed by atoms with Crippen LogP contribution in [-0.4, -0.2) is 10.5 Å². The van der Waals surface area contributed by atoms with Crippen LogP contribution in [0.3, 0.4) is 0 Å². The number of para-hydroxylation sites is 1. The van der Waals surface area contributed by atoms with E-state index in [-0.39, 0.29) is 22.9 Å². The van der Waals surface area contributed by atoms with Crippen molar-refractivity contribution in [2.45, 2.75) is 39.7 Å². The lowest BCUT2D eigenvalue weighted by Crippen LogP contribution is -2.24. The van der Waals surface area contributed by atoms with Gasteiger partial charge in [0, 0.05) is 27.8 Å². The fourth-order valence-electron chi connectivity index (χ4n) is 4.03. The van der Waals surface area contributed by atoms with Crippen molar-refractivity contribution in [2.24, 2.45) is 0 Å². The molecule has 4 rings (SSSR count). The van der Waals surface area contributed by atoms with Crippen molar-refractivity contribution in [1.82, 2.24) is 4.57 Å². The first-order valence-corrected chi connectivity index (χ1v) is 9.97. The Morgan fingerprint density at radius 2 is 2.11 bits per heavy atom. The van der Waals surface area contributed by atoms with Gasteiger partial charge in [-0.05, 0) is 61.6 Å². The summed E-state index contributed by atoms with van der Waals surface area (Å²) >= 11 is 3.50. The van der Waals surface area contributed by atoms with Crippen molar-refractivity contribution >= 4 is 38.4 Å². The maximum atomic E-state index is 13.0. The van der Waals surface area contributed by atoms with Crippen LogP contribution < -0.4 is 10.7 Å². The molecule has 1 unspecified atom stereocenters. The molecule has 4 nitrogen and oxygen atoms in total. The van der Waals surface area contributed by atoms with Gasteiger partial charge in [-0.3, -0.25) is 9.59 Å². The second kappa shape index (κ2) is 6.64. The molecule has 2 heterocycles. The smallest absolute Gasteiger partial charge is 0.261 e. The third kappa shape index (κ3) is 2.90. The second-order valence-corrected chi connectivity index (χ2v) is 8.13. The van der Waals surface area contributed by atoms with Gasteiger partial charge in [0.25, 0.3) is 5.91 Å².